The Kier molecular flexibility index (Phi) is 3.86. The van der Waals surface area contributed by atoms with Crippen molar-refractivity contribution in [3.63, 3.8) is 0 Å². The molecule has 0 bridgehead atoms. The Morgan fingerprint density at radius 3 is 3.00 bits per heavy atom. The molecule has 0 aliphatic carbocycles. The van der Waals surface area contributed by atoms with E-state index in [0.29, 0.717) is 17.0 Å². The van der Waals surface area contributed by atoms with Crippen molar-refractivity contribution in [2.75, 3.05) is 5.43 Å². The van der Waals surface area contributed by atoms with Gasteiger partial charge in [-0.15, -0.1) is 0 Å². The Hall–Kier alpha value is -2.55. The molecule has 6 nitrogen and oxygen atoms in total. The molecule has 16 heavy (non-hydrogen) atoms. The highest BCUT2D eigenvalue weighted by molar-refractivity contribution is 6.34. The number of hydrogen-bond donors (Lipinski definition) is 2. The Morgan fingerprint density at radius 1 is 1.75 bits per heavy atom. The Morgan fingerprint density at radius 2 is 2.50 bits per heavy atom. The van der Waals surface area contributed by atoms with Crippen LogP contribution in [0, 0.1) is 23.7 Å². The molecule has 0 saturated carbocycles. The van der Waals surface area contributed by atoms with E-state index in [1.54, 1.807) is 6.92 Å². The lowest BCUT2D eigenvalue weighted by molar-refractivity contribution is 1.06. The highest BCUT2D eigenvalue weighted by Gasteiger charge is 2.01. The summed E-state index contributed by atoms with van der Waals surface area (Å²) in [6, 6.07) is 1.97. The van der Waals surface area contributed by atoms with Gasteiger partial charge in [-0.25, -0.2) is 15.4 Å². The molecule has 1 rings (SSSR count). The number of hydrogen-bond acceptors (Lipinski definition) is 6. The molecule has 0 radical (unpaired) electrons. The average Bonchev–Trinajstić information content (AvgIpc) is 2.30. The lowest BCUT2D eigenvalue weighted by Crippen LogP contribution is -2.03. The van der Waals surface area contributed by atoms with Crippen molar-refractivity contribution in [1.29, 1.82) is 10.7 Å². The lowest BCUT2D eigenvalue weighted by atomic mass is 10.3. The topological polar surface area (TPSA) is 97.8 Å². The molecule has 0 saturated heterocycles. The predicted molar refractivity (Wildman–Crippen MR) is 61.5 cm³/mol. The zero-order chi connectivity index (χ0) is 12.0. The minimum absolute atomic E-state index is 0.276. The molecule has 0 atom stereocenters. The van der Waals surface area contributed by atoms with Crippen LogP contribution in [0.4, 0.5) is 5.95 Å². The van der Waals surface area contributed by atoms with Crippen molar-refractivity contribution < 1.29 is 0 Å². The highest BCUT2D eigenvalue weighted by Crippen LogP contribution is 2.05. The summed E-state index contributed by atoms with van der Waals surface area (Å²) in [4.78, 5) is 7.91. The zero-order valence-electron chi connectivity index (χ0n) is 8.73. The van der Waals surface area contributed by atoms with Crippen molar-refractivity contribution in [3.05, 3.63) is 30.1 Å². The van der Waals surface area contributed by atoms with Gasteiger partial charge in [0, 0.05) is 6.21 Å². The van der Waals surface area contributed by atoms with E-state index < -0.39 is 0 Å². The Bertz CT molecular complexity index is 473. The first-order valence-corrected chi connectivity index (χ1v) is 4.41. The van der Waals surface area contributed by atoms with Gasteiger partial charge in [0.05, 0.1) is 17.5 Å². The number of rotatable bonds is 4. The molecular weight excluding hydrogens is 204 g/mol. The molecule has 0 unspecified atom stereocenters. The average molecular weight is 214 g/mol. The number of hydrazone groups is 1. The number of nitriles is 1. The fraction of sp³-hybridized carbons (Fsp3) is 0.100. The fourth-order valence-electron chi connectivity index (χ4n) is 0.882. The maximum Gasteiger partial charge on any atom is 0.243 e. The second-order valence-electron chi connectivity index (χ2n) is 2.80. The van der Waals surface area contributed by atoms with Crippen LogP contribution < -0.4 is 5.43 Å². The molecule has 0 aliphatic rings. The molecule has 0 fully saturated rings. The summed E-state index contributed by atoms with van der Waals surface area (Å²) < 4.78 is 0. The van der Waals surface area contributed by atoms with Gasteiger partial charge in [-0.05, 0) is 13.0 Å². The number of aryl methyl sites for hydroxylation is 1. The van der Waals surface area contributed by atoms with E-state index in [1.165, 1.54) is 12.3 Å². The van der Waals surface area contributed by atoms with Gasteiger partial charge >= 0.3 is 0 Å². The van der Waals surface area contributed by atoms with Gasteiger partial charge in [0.2, 0.25) is 5.95 Å². The van der Waals surface area contributed by atoms with E-state index in [9.17, 15) is 0 Å². The quantitative estimate of drug-likeness (QED) is 0.582. The minimum Gasteiger partial charge on any atom is -0.306 e. The van der Waals surface area contributed by atoms with Crippen LogP contribution >= 0.6 is 0 Å². The van der Waals surface area contributed by atoms with Gasteiger partial charge in [-0.1, -0.05) is 6.58 Å². The molecule has 1 heterocycles. The van der Waals surface area contributed by atoms with Crippen LogP contribution in [0.15, 0.2) is 24.0 Å². The standard InChI is InChI=1S/C10H10N6/c1-3-9(5-12)15-16-10-13-6-8(4-11)7(2)14-10/h3,5-6,12H,1H2,2H3,(H,13,14,16)/b12-5?,15-9-. The number of nitrogens with zero attached hydrogens (tertiary/aromatic N) is 4. The summed E-state index contributed by atoms with van der Waals surface area (Å²) in [7, 11) is 0. The van der Waals surface area contributed by atoms with E-state index in [2.05, 4.69) is 27.1 Å². The molecular formula is C10H10N6. The second-order valence-corrected chi connectivity index (χ2v) is 2.80. The van der Waals surface area contributed by atoms with E-state index in [1.807, 2.05) is 6.07 Å². The SMILES string of the molecule is C=C/C(C=N)=N/Nc1ncc(C#N)c(C)n1. The lowest BCUT2D eigenvalue weighted by Gasteiger charge is -2.01. The third kappa shape index (κ3) is 2.72. The van der Waals surface area contributed by atoms with E-state index in [-0.39, 0.29) is 5.95 Å². The first-order valence-electron chi connectivity index (χ1n) is 4.41. The maximum atomic E-state index is 8.68. The number of anilines is 1. The molecule has 1 aromatic rings. The molecule has 2 N–H and O–H groups in total. The summed E-state index contributed by atoms with van der Waals surface area (Å²) in [5, 5.41) is 19.5. The van der Waals surface area contributed by atoms with Crippen LogP contribution in [0.2, 0.25) is 0 Å². The predicted octanol–water partition coefficient (Wildman–Crippen LogP) is 1.26. The number of nitrogens with one attached hydrogen (secondary N) is 2. The van der Waals surface area contributed by atoms with E-state index >= 15 is 0 Å². The summed E-state index contributed by atoms with van der Waals surface area (Å²) in [6.45, 7) is 5.19. The molecule has 6 heteroatoms. The smallest absolute Gasteiger partial charge is 0.243 e. The monoisotopic (exact) mass is 214 g/mol. The van der Waals surface area contributed by atoms with Crippen LogP contribution in [0.3, 0.4) is 0 Å². The van der Waals surface area contributed by atoms with Crippen LogP contribution in [0.1, 0.15) is 11.3 Å². The van der Waals surface area contributed by atoms with Gasteiger partial charge in [0.25, 0.3) is 0 Å². The van der Waals surface area contributed by atoms with Gasteiger partial charge in [0.1, 0.15) is 11.8 Å². The third-order valence-corrected chi connectivity index (χ3v) is 1.74. The van der Waals surface area contributed by atoms with E-state index in [4.69, 9.17) is 10.7 Å². The summed E-state index contributed by atoms with van der Waals surface area (Å²) in [5.41, 5.74) is 3.93. The molecule has 0 amide bonds. The molecule has 0 spiro atoms. The third-order valence-electron chi connectivity index (χ3n) is 1.74. The van der Waals surface area contributed by atoms with Crippen molar-refractivity contribution in [2.45, 2.75) is 6.92 Å². The van der Waals surface area contributed by atoms with Gasteiger partial charge in [-0.2, -0.15) is 10.4 Å². The highest BCUT2D eigenvalue weighted by atomic mass is 15.3. The zero-order valence-corrected chi connectivity index (χ0v) is 8.73. The number of aromatic nitrogens is 2. The van der Waals surface area contributed by atoms with Gasteiger partial charge in [0.15, 0.2) is 0 Å². The van der Waals surface area contributed by atoms with Crippen LogP contribution in [0.25, 0.3) is 0 Å². The largest absolute Gasteiger partial charge is 0.306 e. The molecule has 0 aromatic carbocycles. The maximum absolute atomic E-state index is 8.68. The van der Waals surface area contributed by atoms with Crippen molar-refractivity contribution >= 4 is 17.9 Å². The van der Waals surface area contributed by atoms with Crippen LogP contribution in [-0.2, 0) is 0 Å². The summed E-state index contributed by atoms with van der Waals surface area (Å²) in [5.74, 6) is 0.276. The van der Waals surface area contributed by atoms with Gasteiger partial charge < -0.3 is 5.41 Å². The van der Waals surface area contributed by atoms with Crippen LogP contribution in [0.5, 0.6) is 0 Å². The Balaban J connectivity index is 2.88. The normalized spacial score (nSPS) is 10.4. The second kappa shape index (κ2) is 5.36. The molecule has 80 valence electrons. The first kappa shape index (κ1) is 11.5. The first-order chi connectivity index (χ1) is 7.71. The van der Waals surface area contributed by atoms with E-state index in [0.717, 1.165) is 6.21 Å². The minimum atomic E-state index is 0.276. The van der Waals surface area contributed by atoms with Crippen molar-refractivity contribution in [2.24, 2.45) is 5.10 Å². The van der Waals surface area contributed by atoms with Crippen molar-refractivity contribution in [1.82, 2.24) is 9.97 Å². The molecule has 1 aromatic heterocycles. The number of allylic oxidation sites excluding steroid dienone is 1. The fourth-order valence-corrected chi connectivity index (χ4v) is 0.882. The van der Waals surface area contributed by atoms with Crippen molar-refractivity contribution in [3.8, 4) is 6.07 Å². The molecule has 0 aliphatic heterocycles. The summed E-state index contributed by atoms with van der Waals surface area (Å²) in [6.07, 6.45) is 3.89. The van der Waals surface area contributed by atoms with Gasteiger partial charge in [-0.3, -0.25) is 0 Å². The van der Waals surface area contributed by atoms with Crippen LogP contribution in [-0.4, -0.2) is 21.9 Å². The Labute approximate surface area is 92.9 Å². The summed E-state index contributed by atoms with van der Waals surface area (Å²) >= 11 is 0.